The molecular formula is C10H18N2OS. The predicted molar refractivity (Wildman–Crippen MR) is 60.9 cm³/mol. The zero-order valence-corrected chi connectivity index (χ0v) is 9.67. The first-order chi connectivity index (χ1) is 6.77. The molecule has 0 aliphatic carbocycles. The summed E-state index contributed by atoms with van der Waals surface area (Å²) in [6, 6.07) is 0. The van der Waals surface area contributed by atoms with Gasteiger partial charge in [-0.3, -0.25) is 4.79 Å². The molecule has 2 N–H and O–H groups in total. The van der Waals surface area contributed by atoms with E-state index in [0.717, 1.165) is 38.0 Å². The van der Waals surface area contributed by atoms with Crippen molar-refractivity contribution in [2.24, 2.45) is 0 Å². The molecule has 0 unspecified atom stereocenters. The third-order valence-electron chi connectivity index (χ3n) is 2.02. The number of hydrogen-bond acceptors (Lipinski definition) is 3. The summed E-state index contributed by atoms with van der Waals surface area (Å²) in [4.78, 5) is 15.3. The summed E-state index contributed by atoms with van der Waals surface area (Å²) >= 11 is 1.33. The van der Waals surface area contributed by atoms with Crippen LogP contribution in [0.2, 0.25) is 0 Å². The van der Waals surface area contributed by atoms with Gasteiger partial charge in [-0.2, -0.15) is 0 Å². The molecule has 1 aromatic rings. The van der Waals surface area contributed by atoms with Gasteiger partial charge < -0.3 is 10.3 Å². The highest BCUT2D eigenvalue weighted by molar-refractivity contribution is 7.09. The fourth-order valence-electron chi connectivity index (χ4n) is 1.37. The number of rotatable bonds is 6. The summed E-state index contributed by atoms with van der Waals surface area (Å²) in [6.45, 7) is 6.10. The first-order valence-corrected chi connectivity index (χ1v) is 6.01. The van der Waals surface area contributed by atoms with Gasteiger partial charge in [0.15, 0.2) is 0 Å². The van der Waals surface area contributed by atoms with Crippen molar-refractivity contribution >= 4 is 11.3 Å². The first kappa shape index (κ1) is 11.5. The van der Waals surface area contributed by atoms with E-state index in [9.17, 15) is 4.79 Å². The molecule has 0 radical (unpaired) electrons. The second kappa shape index (κ2) is 5.98. The first-order valence-electron chi connectivity index (χ1n) is 5.19. The Bertz CT molecular complexity index is 316. The molecule has 1 rings (SSSR count). The Balaban J connectivity index is 2.59. The molecule has 14 heavy (non-hydrogen) atoms. The molecule has 0 spiro atoms. The number of H-pyrrole nitrogens is 1. The van der Waals surface area contributed by atoms with Crippen molar-refractivity contribution in [1.82, 2.24) is 10.3 Å². The Morgan fingerprint density at radius 3 is 2.79 bits per heavy atom. The van der Waals surface area contributed by atoms with Crippen molar-refractivity contribution in [2.75, 3.05) is 6.54 Å². The zero-order valence-electron chi connectivity index (χ0n) is 8.85. The Morgan fingerprint density at radius 1 is 1.36 bits per heavy atom. The van der Waals surface area contributed by atoms with Gasteiger partial charge in [-0.05, 0) is 19.4 Å². The monoisotopic (exact) mass is 214 g/mol. The van der Waals surface area contributed by atoms with Crippen molar-refractivity contribution in [3.63, 3.8) is 0 Å². The highest BCUT2D eigenvalue weighted by Gasteiger charge is 2.05. The van der Waals surface area contributed by atoms with Crippen LogP contribution in [0.25, 0.3) is 0 Å². The lowest BCUT2D eigenvalue weighted by Gasteiger charge is -2.02. The van der Waals surface area contributed by atoms with E-state index in [1.807, 2.05) is 0 Å². The molecule has 0 fully saturated rings. The van der Waals surface area contributed by atoms with Gasteiger partial charge in [-0.1, -0.05) is 31.6 Å². The molecular weight excluding hydrogens is 196 g/mol. The average Bonchev–Trinajstić information content (AvgIpc) is 2.48. The lowest BCUT2D eigenvalue weighted by molar-refractivity contribution is 0.674. The maximum Gasteiger partial charge on any atom is 0.304 e. The molecule has 0 aromatic carbocycles. The average molecular weight is 214 g/mol. The van der Waals surface area contributed by atoms with Crippen molar-refractivity contribution in [1.29, 1.82) is 0 Å². The smallest absolute Gasteiger partial charge is 0.304 e. The van der Waals surface area contributed by atoms with Gasteiger partial charge in [-0.15, -0.1) is 0 Å². The van der Waals surface area contributed by atoms with Crippen LogP contribution >= 0.6 is 11.3 Å². The van der Waals surface area contributed by atoms with Crippen molar-refractivity contribution in [3.05, 3.63) is 20.2 Å². The molecule has 0 aliphatic heterocycles. The van der Waals surface area contributed by atoms with E-state index in [-0.39, 0.29) is 4.87 Å². The van der Waals surface area contributed by atoms with Gasteiger partial charge in [-0.25, -0.2) is 0 Å². The Kier molecular flexibility index (Phi) is 4.90. The summed E-state index contributed by atoms with van der Waals surface area (Å²) in [5.41, 5.74) is 1.12. The van der Waals surface area contributed by atoms with Gasteiger partial charge in [0, 0.05) is 17.1 Å². The molecule has 0 amide bonds. The SMILES string of the molecule is CCCNCc1sc(=O)[nH]c1CCC. The van der Waals surface area contributed by atoms with Crippen LogP contribution in [-0.2, 0) is 13.0 Å². The summed E-state index contributed by atoms with van der Waals surface area (Å²) < 4.78 is 0. The van der Waals surface area contributed by atoms with E-state index in [2.05, 4.69) is 24.1 Å². The lowest BCUT2D eigenvalue weighted by Crippen LogP contribution is -2.13. The molecule has 1 heterocycles. The van der Waals surface area contributed by atoms with Crippen molar-refractivity contribution in [3.8, 4) is 0 Å². The molecule has 0 saturated carbocycles. The van der Waals surface area contributed by atoms with Crippen molar-refractivity contribution < 1.29 is 0 Å². The number of aryl methyl sites for hydroxylation is 1. The number of hydrogen-bond donors (Lipinski definition) is 2. The van der Waals surface area contributed by atoms with Gasteiger partial charge >= 0.3 is 4.87 Å². The molecule has 0 aliphatic rings. The molecule has 1 aromatic heterocycles. The van der Waals surface area contributed by atoms with E-state index in [0.29, 0.717) is 0 Å². The Morgan fingerprint density at radius 2 is 2.14 bits per heavy atom. The predicted octanol–water partition coefficient (Wildman–Crippen LogP) is 1.89. The minimum atomic E-state index is 0.0711. The Hall–Kier alpha value is -0.610. The van der Waals surface area contributed by atoms with Gasteiger partial charge in [0.05, 0.1) is 0 Å². The normalized spacial score (nSPS) is 10.7. The standard InChI is InChI=1S/C10H18N2OS/c1-3-5-8-9(7-11-6-4-2)14-10(13)12-8/h11H,3-7H2,1-2H3,(H,12,13). The fourth-order valence-corrected chi connectivity index (χ4v) is 2.21. The van der Waals surface area contributed by atoms with Gasteiger partial charge in [0.2, 0.25) is 0 Å². The van der Waals surface area contributed by atoms with E-state index in [1.54, 1.807) is 0 Å². The minimum Gasteiger partial charge on any atom is -0.316 e. The van der Waals surface area contributed by atoms with Crippen LogP contribution in [0, 0.1) is 0 Å². The quantitative estimate of drug-likeness (QED) is 0.710. The third-order valence-corrected chi connectivity index (χ3v) is 2.94. The minimum absolute atomic E-state index is 0.0711. The van der Waals surface area contributed by atoms with E-state index in [4.69, 9.17) is 0 Å². The Labute approximate surface area is 88.6 Å². The fraction of sp³-hybridized carbons (Fsp3) is 0.700. The topological polar surface area (TPSA) is 44.9 Å². The van der Waals surface area contributed by atoms with Crippen LogP contribution in [0.3, 0.4) is 0 Å². The van der Waals surface area contributed by atoms with Crippen LogP contribution in [0.1, 0.15) is 37.3 Å². The lowest BCUT2D eigenvalue weighted by atomic mass is 10.2. The number of thiazole rings is 1. The number of aromatic amines is 1. The van der Waals surface area contributed by atoms with Crippen LogP contribution in [0.15, 0.2) is 4.79 Å². The summed E-state index contributed by atoms with van der Waals surface area (Å²) in [5, 5.41) is 3.32. The van der Waals surface area contributed by atoms with Crippen LogP contribution < -0.4 is 10.2 Å². The molecule has 0 saturated heterocycles. The summed E-state index contributed by atoms with van der Waals surface area (Å²) in [6.07, 6.45) is 3.18. The highest BCUT2D eigenvalue weighted by Crippen LogP contribution is 2.10. The largest absolute Gasteiger partial charge is 0.316 e. The number of aromatic nitrogens is 1. The summed E-state index contributed by atoms with van der Waals surface area (Å²) in [5.74, 6) is 0. The van der Waals surface area contributed by atoms with Gasteiger partial charge in [0.25, 0.3) is 0 Å². The van der Waals surface area contributed by atoms with Crippen LogP contribution in [-0.4, -0.2) is 11.5 Å². The maximum absolute atomic E-state index is 11.2. The maximum atomic E-state index is 11.2. The van der Waals surface area contributed by atoms with E-state index < -0.39 is 0 Å². The zero-order chi connectivity index (χ0) is 10.4. The highest BCUT2D eigenvalue weighted by atomic mass is 32.1. The molecule has 80 valence electrons. The van der Waals surface area contributed by atoms with Crippen LogP contribution in [0.5, 0.6) is 0 Å². The van der Waals surface area contributed by atoms with Crippen molar-refractivity contribution in [2.45, 2.75) is 39.7 Å². The van der Waals surface area contributed by atoms with Crippen LogP contribution in [0.4, 0.5) is 0 Å². The third kappa shape index (κ3) is 3.27. The van der Waals surface area contributed by atoms with Gasteiger partial charge in [0.1, 0.15) is 0 Å². The van der Waals surface area contributed by atoms with E-state index >= 15 is 0 Å². The molecule has 4 heteroatoms. The number of nitrogens with one attached hydrogen (secondary N) is 2. The molecule has 0 bridgehead atoms. The molecule has 0 atom stereocenters. The second-order valence-electron chi connectivity index (χ2n) is 3.34. The van der Waals surface area contributed by atoms with E-state index in [1.165, 1.54) is 16.2 Å². The second-order valence-corrected chi connectivity index (χ2v) is 4.41. The summed E-state index contributed by atoms with van der Waals surface area (Å²) in [7, 11) is 0. The molecule has 3 nitrogen and oxygen atoms in total.